The summed E-state index contributed by atoms with van der Waals surface area (Å²) >= 11 is 0. The van der Waals surface area contributed by atoms with E-state index in [1.807, 2.05) is 0 Å². The number of hydrogen-bond donors (Lipinski definition) is 1. The standard InChI is InChI=1S/C18H18FNO2/c1-5-18(21,6-2)16-10-9-15(22-4)17(20-16)13-7-8-14(19)12(3)11-13/h1,7-11,21H,6H2,2-4H3. The number of hydrogen-bond acceptors (Lipinski definition) is 3. The molecule has 1 unspecified atom stereocenters. The van der Waals surface area contributed by atoms with Gasteiger partial charge in [-0.15, -0.1) is 6.42 Å². The lowest BCUT2D eigenvalue weighted by Crippen LogP contribution is -2.23. The summed E-state index contributed by atoms with van der Waals surface area (Å²) in [5.74, 6) is 2.62. The van der Waals surface area contributed by atoms with Crippen LogP contribution in [0, 0.1) is 25.1 Å². The van der Waals surface area contributed by atoms with E-state index in [0.717, 1.165) is 0 Å². The molecule has 0 saturated heterocycles. The number of aryl methyl sites for hydroxylation is 1. The zero-order chi connectivity index (χ0) is 16.3. The highest BCUT2D eigenvalue weighted by atomic mass is 19.1. The van der Waals surface area contributed by atoms with Crippen LogP contribution in [0.4, 0.5) is 4.39 Å². The number of methoxy groups -OCH3 is 1. The zero-order valence-electron chi connectivity index (χ0n) is 12.9. The molecule has 3 nitrogen and oxygen atoms in total. The van der Waals surface area contributed by atoms with E-state index >= 15 is 0 Å². The quantitative estimate of drug-likeness (QED) is 0.879. The zero-order valence-corrected chi connectivity index (χ0v) is 12.9. The molecule has 0 fully saturated rings. The van der Waals surface area contributed by atoms with Crippen molar-refractivity contribution in [3.8, 4) is 29.4 Å². The summed E-state index contributed by atoms with van der Waals surface area (Å²) in [4.78, 5) is 4.46. The topological polar surface area (TPSA) is 42.4 Å². The Balaban J connectivity index is 2.63. The van der Waals surface area contributed by atoms with Gasteiger partial charge in [0.2, 0.25) is 0 Å². The average Bonchev–Trinajstić information content (AvgIpc) is 2.56. The molecule has 0 aliphatic rings. The minimum atomic E-state index is -1.43. The Hall–Kier alpha value is -2.38. The van der Waals surface area contributed by atoms with E-state index in [2.05, 4.69) is 10.9 Å². The lowest BCUT2D eigenvalue weighted by molar-refractivity contribution is 0.0915. The molecule has 0 amide bonds. The van der Waals surface area contributed by atoms with Gasteiger partial charge in [-0.3, -0.25) is 0 Å². The molecule has 0 saturated carbocycles. The van der Waals surface area contributed by atoms with Crippen LogP contribution < -0.4 is 4.74 Å². The summed E-state index contributed by atoms with van der Waals surface area (Å²) in [6.07, 6.45) is 5.77. The monoisotopic (exact) mass is 299 g/mol. The molecular weight excluding hydrogens is 281 g/mol. The van der Waals surface area contributed by atoms with Crippen LogP contribution >= 0.6 is 0 Å². The Morgan fingerprint density at radius 2 is 2.09 bits per heavy atom. The molecule has 0 aliphatic carbocycles. The number of terminal acetylenes is 1. The number of aromatic nitrogens is 1. The van der Waals surface area contributed by atoms with E-state index in [-0.39, 0.29) is 5.82 Å². The Kier molecular flexibility index (Phi) is 4.48. The van der Waals surface area contributed by atoms with E-state index in [9.17, 15) is 9.50 Å². The molecule has 4 heteroatoms. The highest BCUT2D eigenvalue weighted by Crippen LogP contribution is 2.32. The predicted octanol–water partition coefficient (Wildman–Crippen LogP) is 3.44. The second kappa shape index (κ2) is 6.17. The Bertz CT molecular complexity index is 736. The maximum absolute atomic E-state index is 13.5. The van der Waals surface area contributed by atoms with Crippen LogP contribution in [0.2, 0.25) is 0 Å². The van der Waals surface area contributed by atoms with Crippen LogP contribution in [0.25, 0.3) is 11.3 Å². The van der Waals surface area contributed by atoms with Gasteiger partial charge < -0.3 is 9.84 Å². The molecule has 1 N–H and O–H groups in total. The Morgan fingerprint density at radius 3 is 2.64 bits per heavy atom. The minimum absolute atomic E-state index is 0.285. The molecule has 0 aliphatic heterocycles. The normalized spacial score (nSPS) is 13.3. The van der Waals surface area contributed by atoms with Crippen LogP contribution in [-0.2, 0) is 5.60 Å². The third-order valence-electron chi connectivity index (χ3n) is 3.68. The Labute approximate surface area is 129 Å². The van der Waals surface area contributed by atoms with Crippen molar-refractivity contribution in [3.05, 3.63) is 47.4 Å². The molecule has 0 spiro atoms. The average molecular weight is 299 g/mol. The summed E-state index contributed by atoms with van der Waals surface area (Å²) < 4.78 is 18.8. The van der Waals surface area contributed by atoms with E-state index in [1.165, 1.54) is 13.2 Å². The third-order valence-corrected chi connectivity index (χ3v) is 3.68. The summed E-state index contributed by atoms with van der Waals surface area (Å²) in [5.41, 5.74) is 0.666. The van der Waals surface area contributed by atoms with Crippen LogP contribution in [0.15, 0.2) is 30.3 Å². The molecule has 0 radical (unpaired) electrons. The van der Waals surface area contributed by atoms with Crippen molar-refractivity contribution in [3.63, 3.8) is 0 Å². The van der Waals surface area contributed by atoms with Crippen molar-refractivity contribution < 1.29 is 14.2 Å². The summed E-state index contributed by atoms with van der Waals surface area (Å²) in [7, 11) is 1.53. The maximum atomic E-state index is 13.5. The van der Waals surface area contributed by atoms with Crippen molar-refractivity contribution >= 4 is 0 Å². The van der Waals surface area contributed by atoms with Crippen LogP contribution in [0.1, 0.15) is 24.6 Å². The van der Waals surface area contributed by atoms with Gasteiger partial charge in [-0.25, -0.2) is 9.37 Å². The fourth-order valence-electron chi connectivity index (χ4n) is 2.20. The van der Waals surface area contributed by atoms with Gasteiger partial charge >= 0.3 is 0 Å². The lowest BCUT2D eigenvalue weighted by atomic mass is 9.96. The molecule has 1 heterocycles. The number of pyridine rings is 1. The minimum Gasteiger partial charge on any atom is -0.494 e. The van der Waals surface area contributed by atoms with Gasteiger partial charge in [-0.2, -0.15) is 0 Å². The van der Waals surface area contributed by atoms with Gasteiger partial charge in [0, 0.05) is 5.56 Å². The fourth-order valence-corrected chi connectivity index (χ4v) is 2.20. The molecule has 1 aromatic carbocycles. The van der Waals surface area contributed by atoms with Crippen molar-refractivity contribution in [2.24, 2.45) is 0 Å². The first-order valence-corrected chi connectivity index (χ1v) is 6.97. The highest BCUT2D eigenvalue weighted by Gasteiger charge is 2.27. The molecule has 1 aromatic heterocycles. The first kappa shape index (κ1) is 16.0. The predicted molar refractivity (Wildman–Crippen MR) is 83.9 cm³/mol. The second-order valence-electron chi connectivity index (χ2n) is 5.07. The third kappa shape index (κ3) is 2.81. The molecule has 22 heavy (non-hydrogen) atoms. The fraction of sp³-hybridized carbons (Fsp3) is 0.278. The molecule has 1 atom stereocenters. The summed E-state index contributed by atoms with van der Waals surface area (Å²) in [6.45, 7) is 3.46. The number of benzene rings is 1. The van der Waals surface area contributed by atoms with Gasteiger partial charge in [0.1, 0.15) is 17.3 Å². The first-order chi connectivity index (χ1) is 10.4. The van der Waals surface area contributed by atoms with Crippen LogP contribution in [0.3, 0.4) is 0 Å². The molecular formula is C18H18FNO2. The van der Waals surface area contributed by atoms with Crippen molar-refractivity contribution in [2.75, 3.05) is 7.11 Å². The maximum Gasteiger partial charge on any atom is 0.167 e. The van der Waals surface area contributed by atoms with Crippen molar-refractivity contribution in [1.82, 2.24) is 4.98 Å². The van der Waals surface area contributed by atoms with E-state index in [4.69, 9.17) is 11.2 Å². The van der Waals surface area contributed by atoms with Gasteiger partial charge in [0.25, 0.3) is 0 Å². The second-order valence-corrected chi connectivity index (χ2v) is 5.07. The smallest absolute Gasteiger partial charge is 0.167 e. The van der Waals surface area contributed by atoms with Crippen LogP contribution in [-0.4, -0.2) is 17.2 Å². The molecule has 2 rings (SSSR count). The number of rotatable bonds is 4. The van der Waals surface area contributed by atoms with Gasteiger partial charge in [-0.1, -0.05) is 12.8 Å². The molecule has 2 aromatic rings. The van der Waals surface area contributed by atoms with E-state index < -0.39 is 5.60 Å². The van der Waals surface area contributed by atoms with Crippen LogP contribution in [0.5, 0.6) is 5.75 Å². The van der Waals surface area contributed by atoms with E-state index in [1.54, 1.807) is 38.1 Å². The largest absolute Gasteiger partial charge is 0.494 e. The lowest BCUT2D eigenvalue weighted by Gasteiger charge is -2.21. The molecule has 0 bridgehead atoms. The van der Waals surface area contributed by atoms with E-state index in [0.29, 0.717) is 34.7 Å². The Morgan fingerprint density at radius 1 is 1.36 bits per heavy atom. The van der Waals surface area contributed by atoms with Crippen molar-refractivity contribution in [2.45, 2.75) is 25.9 Å². The highest BCUT2D eigenvalue weighted by molar-refractivity contribution is 5.67. The first-order valence-electron chi connectivity index (χ1n) is 6.97. The van der Waals surface area contributed by atoms with Gasteiger partial charge in [-0.05, 0) is 49.2 Å². The summed E-state index contributed by atoms with van der Waals surface area (Å²) in [6, 6.07) is 8.03. The number of halogens is 1. The number of nitrogens with zero attached hydrogens (tertiary/aromatic N) is 1. The number of aliphatic hydroxyl groups is 1. The van der Waals surface area contributed by atoms with Gasteiger partial charge in [0.15, 0.2) is 5.60 Å². The SMILES string of the molecule is C#CC(O)(CC)c1ccc(OC)c(-c2ccc(F)c(C)c2)n1. The number of ether oxygens (including phenoxy) is 1. The summed E-state index contributed by atoms with van der Waals surface area (Å²) in [5, 5.41) is 10.4. The molecule has 114 valence electrons. The van der Waals surface area contributed by atoms with Gasteiger partial charge in [0.05, 0.1) is 12.8 Å². The van der Waals surface area contributed by atoms with Crippen molar-refractivity contribution in [1.29, 1.82) is 0 Å².